The van der Waals surface area contributed by atoms with Crippen molar-refractivity contribution in [1.29, 1.82) is 0 Å². The van der Waals surface area contributed by atoms with Crippen LogP contribution in [0.15, 0.2) is 47.3 Å². The number of halogens is 1. The molecule has 0 aliphatic carbocycles. The van der Waals surface area contributed by atoms with Gasteiger partial charge in [0.15, 0.2) is 0 Å². The zero-order valence-corrected chi connectivity index (χ0v) is 28.1. The first kappa shape index (κ1) is 31.1. The summed E-state index contributed by atoms with van der Waals surface area (Å²) in [4.78, 5) is 23.4. The molecule has 2 aromatic heterocycles. The van der Waals surface area contributed by atoms with Gasteiger partial charge in [0.25, 0.3) is 0 Å². The van der Waals surface area contributed by atoms with Crippen molar-refractivity contribution >= 4 is 73.4 Å². The minimum atomic E-state index is 0.462. The van der Waals surface area contributed by atoms with Gasteiger partial charge in [-0.3, -0.25) is 9.97 Å². The van der Waals surface area contributed by atoms with Crippen LogP contribution in [-0.2, 0) is 6.42 Å². The van der Waals surface area contributed by atoms with Crippen molar-refractivity contribution in [3.8, 4) is 5.75 Å². The maximum atomic E-state index is 5.86. The average Bonchev–Trinajstić information content (AvgIpc) is 3.02. The van der Waals surface area contributed by atoms with E-state index in [9.17, 15) is 0 Å². The molecule has 0 saturated carbocycles. The van der Waals surface area contributed by atoms with Crippen LogP contribution in [0.3, 0.4) is 0 Å². The molecule has 3 heterocycles. The molecule has 1 aliphatic heterocycles. The Hall–Kier alpha value is -3.35. The van der Waals surface area contributed by atoms with Crippen LogP contribution in [-0.4, -0.2) is 78.0 Å². The zero-order valence-electron chi connectivity index (χ0n) is 25.7. The Morgan fingerprint density at radius 2 is 1.79 bits per heavy atom. The minimum absolute atomic E-state index is 0.462. The van der Waals surface area contributed by atoms with Gasteiger partial charge in [-0.15, -0.1) is 0 Å². The van der Waals surface area contributed by atoms with Gasteiger partial charge in [0.2, 0.25) is 5.95 Å². The molecule has 0 atom stereocenters. The second-order valence-electron chi connectivity index (χ2n) is 10.7. The second-order valence-corrected chi connectivity index (χ2v) is 12.9. The molecule has 2 aromatic carbocycles. The van der Waals surface area contributed by atoms with Crippen molar-refractivity contribution in [2.75, 3.05) is 66.9 Å². The summed E-state index contributed by atoms with van der Waals surface area (Å²) in [6, 6.07) is 8.93. The summed E-state index contributed by atoms with van der Waals surface area (Å²) in [7, 11) is 8.09. The number of nitrogens with one attached hydrogen (secondary N) is 2. The normalized spacial score (nSPS) is 13.9. The van der Waals surface area contributed by atoms with E-state index in [1.807, 2.05) is 19.2 Å². The monoisotopic (exact) mass is 665 g/mol. The molecule has 0 amide bonds. The maximum Gasteiger partial charge on any atom is 0.229 e. The number of hydrogen-bond acceptors (Lipinski definition) is 11. The fraction of sp³-hybridized carbons (Fsp3) is 0.419. The summed E-state index contributed by atoms with van der Waals surface area (Å²) >= 11 is 5.34. The van der Waals surface area contributed by atoms with E-state index in [1.165, 1.54) is 11.3 Å². The lowest BCUT2D eigenvalue weighted by Crippen LogP contribution is -2.42. The molecular formula is C31H40BrN9OS. The van der Waals surface area contributed by atoms with Crippen LogP contribution in [0, 0.1) is 0 Å². The van der Waals surface area contributed by atoms with E-state index in [4.69, 9.17) is 9.72 Å². The van der Waals surface area contributed by atoms with Crippen molar-refractivity contribution in [1.82, 2.24) is 24.8 Å². The van der Waals surface area contributed by atoms with E-state index in [0.717, 1.165) is 76.4 Å². The molecule has 228 valence electrons. The third-order valence-corrected chi connectivity index (χ3v) is 9.22. The van der Waals surface area contributed by atoms with Gasteiger partial charge in [-0.25, -0.2) is 4.98 Å². The second kappa shape index (κ2) is 14.0. The first-order valence-corrected chi connectivity index (χ1v) is 16.4. The maximum absolute atomic E-state index is 5.86. The summed E-state index contributed by atoms with van der Waals surface area (Å²) in [5, 5.41) is 6.93. The first-order chi connectivity index (χ1) is 20.8. The number of hydrogen-bond donors (Lipinski definition) is 2. The van der Waals surface area contributed by atoms with Gasteiger partial charge in [-0.05, 0) is 73.1 Å². The highest BCUT2D eigenvalue weighted by molar-refractivity contribution is 9.10. The van der Waals surface area contributed by atoms with Crippen molar-refractivity contribution in [3.63, 3.8) is 0 Å². The number of piperidine rings is 1. The molecule has 1 saturated heterocycles. The van der Waals surface area contributed by atoms with E-state index in [2.05, 4.69) is 95.7 Å². The van der Waals surface area contributed by atoms with E-state index in [0.29, 0.717) is 17.8 Å². The number of methoxy groups -OCH3 is 1. The van der Waals surface area contributed by atoms with E-state index < -0.39 is 0 Å². The molecule has 1 fully saturated rings. The highest BCUT2D eigenvalue weighted by Gasteiger charge is 2.24. The Labute approximate surface area is 266 Å². The molecule has 5 rings (SSSR count). The van der Waals surface area contributed by atoms with Gasteiger partial charge < -0.3 is 29.5 Å². The molecule has 43 heavy (non-hydrogen) atoms. The fourth-order valence-corrected chi connectivity index (χ4v) is 6.54. The topological polar surface area (TPSA) is 94.6 Å². The zero-order chi connectivity index (χ0) is 30.5. The number of aryl methyl sites for hydroxylation is 1. The molecule has 0 radical (unpaired) electrons. The Balaban J connectivity index is 1.43. The number of aromatic nitrogens is 4. The van der Waals surface area contributed by atoms with E-state index in [1.54, 1.807) is 37.6 Å². The van der Waals surface area contributed by atoms with Gasteiger partial charge in [-0.2, -0.15) is 4.98 Å². The number of rotatable bonds is 11. The molecule has 12 heteroatoms. The number of benzene rings is 2. The summed E-state index contributed by atoms with van der Waals surface area (Å²) in [6.07, 6.45) is 8.39. The molecule has 0 spiro atoms. The van der Waals surface area contributed by atoms with Crippen LogP contribution in [0.1, 0.15) is 32.3 Å². The van der Waals surface area contributed by atoms with Gasteiger partial charge in [0.1, 0.15) is 17.1 Å². The van der Waals surface area contributed by atoms with Gasteiger partial charge in [0.05, 0.1) is 34.2 Å². The van der Waals surface area contributed by atoms with Crippen molar-refractivity contribution in [2.45, 2.75) is 39.2 Å². The van der Waals surface area contributed by atoms with Crippen LogP contribution in [0.5, 0.6) is 5.75 Å². The molecule has 10 nitrogen and oxygen atoms in total. The fourth-order valence-electron chi connectivity index (χ4n) is 5.54. The van der Waals surface area contributed by atoms with Crippen LogP contribution in [0.4, 0.5) is 34.5 Å². The predicted molar refractivity (Wildman–Crippen MR) is 184 cm³/mol. The van der Waals surface area contributed by atoms with Gasteiger partial charge in [-0.1, -0.05) is 25.8 Å². The quantitative estimate of drug-likeness (QED) is 0.164. The number of ether oxygens (including phenoxy) is 1. The smallest absolute Gasteiger partial charge is 0.229 e. The third-order valence-electron chi connectivity index (χ3n) is 7.81. The van der Waals surface area contributed by atoms with Gasteiger partial charge in [0, 0.05) is 62.3 Å². The molecular weight excluding hydrogens is 626 g/mol. The summed E-state index contributed by atoms with van der Waals surface area (Å²) in [5.74, 6) is 2.78. The molecule has 2 N–H and O–H groups in total. The average molecular weight is 667 g/mol. The lowest BCUT2D eigenvalue weighted by atomic mass is 10.0. The Kier molecular flexibility index (Phi) is 10.1. The highest BCUT2D eigenvalue weighted by Crippen LogP contribution is 2.39. The largest absolute Gasteiger partial charge is 0.494 e. The SMILES string of the molecule is CCSN(C)c1c(Nc2nc(Nc3cc(CC)c(N4CCC(N(C)C)CC4)cc3OC)ncc2Br)ccc2nccnc12. The standard InChI is InChI=1S/C31H40BrN9OS/c1-7-20-17-25(27(42-6)18-26(20)41-15-11-21(12-16-41)39(3)4)37-31-35-19-22(32)30(38-31)36-24-10-9-23-28(34-14-13-33-23)29(24)40(5)43-8-2/h9-10,13-14,17-19,21H,7-8,11-12,15-16H2,1-6H3,(H2,35,36,37,38). The summed E-state index contributed by atoms with van der Waals surface area (Å²) in [5.41, 5.74) is 6.80. The highest BCUT2D eigenvalue weighted by atomic mass is 79.9. The van der Waals surface area contributed by atoms with Crippen molar-refractivity contribution < 1.29 is 4.74 Å². The van der Waals surface area contributed by atoms with Crippen LogP contribution >= 0.6 is 27.9 Å². The summed E-state index contributed by atoms with van der Waals surface area (Å²) in [6.45, 7) is 6.39. The van der Waals surface area contributed by atoms with E-state index in [-0.39, 0.29) is 0 Å². The van der Waals surface area contributed by atoms with Crippen molar-refractivity contribution in [2.24, 2.45) is 0 Å². The molecule has 0 bridgehead atoms. The minimum Gasteiger partial charge on any atom is -0.494 e. The number of anilines is 6. The number of nitrogens with zero attached hydrogens (tertiary/aromatic N) is 7. The van der Waals surface area contributed by atoms with Crippen LogP contribution < -0.4 is 24.6 Å². The molecule has 1 aliphatic rings. The van der Waals surface area contributed by atoms with Crippen LogP contribution in [0.2, 0.25) is 0 Å². The van der Waals surface area contributed by atoms with Gasteiger partial charge >= 0.3 is 0 Å². The number of fused-ring (bicyclic) bond motifs is 1. The third kappa shape index (κ3) is 6.91. The van der Waals surface area contributed by atoms with E-state index >= 15 is 0 Å². The Morgan fingerprint density at radius 3 is 2.49 bits per heavy atom. The molecule has 4 aromatic rings. The molecule has 0 unspecified atom stereocenters. The Morgan fingerprint density at radius 1 is 1.02 bits per heavy atom. The first-order valence-electron chi connectivity index (χ1n) is 14.6. The lowest BCUT2D eigenvalue weighted by molar-refractivity contribution is 0.249. The van der Waals surface area contributed by atoms with Crippen molar-refractivity contribution in [3.05, 3.63) is 52.9 Å². The lowest BCUT2D eigenvalue weighted by Gasteiger charge is -2.37. The predicted octanol–water partition coefficient (Wildman–Crippen LogP) is 6.88. The Bertz CT molecular complexity index is 1560. The summed E-state index contributed by atoms with van der Waals surface area (Å²) < 4.78 is 8.73. The van der Waals surface area contributed by atoms with Crippen LogP contribution in [0.25, 0.3) is 11.0 Å².